The molecule has 4 nitrogen and oxygen atoms in total. The number of anilines is 1. The average Bonchev–Trinajstić information content (AvgIpc) is 3.33. The van der Waals surface area contributed by atoms with Crippen LogP contribution in [0.2, 0.25) is 0 Å². The van der Waals surface area contributed by atoms with Crippen LogP contribution in [0.4, 0.5) is 5.69 Å². The number of carbonyl (C=O) groups is 1. The van der Waals surface area contributed by atoms with E-state index < -0.39 is 0 Å². The van der Waals surface area contributed by atoms with Gasteiger partial charge in [-0.05, 0) is 66.5 Å². The molecule has 0 saturated heterocycles. The molecule has 2 aliphatic rings. The predicted octanol–water partition coefficient (Wildman–Crippen LogP) is 4.65. The molecule has 0 bridgehead atoms. The molecule has 3 atom stereocenters. The smallest absolute Gasteiger partial charge is 0.251 e. The molecule has 1 aromatic carbocycles. The molecular formula is C22H26N2O2S. The zero-order chi connectivity index (χ0) is 18.8. The van der Waals surface area contributed by atoms with Crippen molar-refractivity contribution in [1.29, 1.82) is 0 Å². The Kier molecular flexibility index (Phi) is 5.32. The minimum absolute atomic E-state index is 0.0105. The molecular weight excluding hydrogens is 356 g/mol. The summed E-state index contributed by atoms with van der Waals surface area (Å²) in [6, 6.07) is 8.60. The summed E-state index contributed by atoms with van der Waals surface area (Å²) in [6.45, 7) is 3.48. The molecule has 1 aliphatic heterocycles. The van der Waals surface area contributed by atoms with Crippen LogP contribution < -0.4 is 10.6 Å². The number of allylic oxidation sites excluding steroid dienone is 2. The Hall–Kier alpha value is -2.11. The van der Waals surface area contributed by atoms with Gasteiger partial charge in [0, 0.05) is 42.3 Å². The van der Waals surface area contributed by atoms with Crippen molar-refractivity contribution in [2.45, 2.75) is 31.7 Å². The number of carbonyl (C=O) groups excluding carboxylic acids is 1. The zero-order valence-electron chi connectivity index (χ0n) is 15.8. The summed E-state index contributed by atoms with van der Waals surface area (Å²) in [6.07, 6.45) is 6.51. The number of hydrogen-bond donors (Lipinski definition) is 2. The third-order valence-electron chi connectivity index (χ3n) is 5.62. The number of rotatable bonds is 6. The first-order chi connectivity index (χ1) is 13.2. The number of thiophene rings is 1. The van der Waals surface area contributed by atoms with E-state index in [1.807, 2.05) is 17.4 Å². The van der Waals surface area contributed by atoms with Crippen molar-refractivity contribution in [2.24, 2.45) is 5.92 Å². The van der Waals surface area contributed by atoms with Crippen LogP contribution in [-0.2, 0) is 4.74 Å². The third kappa shape index (κ3) is 3.54. The summed E-state index contributed by atoms with van der Waals surface area (Å²) in [5.41, 5.74) is 4.48. The van der Waals surface area contributed by atoms with E-state index in [1.165, 1.54) is 16.0 Å². The Labute approximate surface area is 164 Å². The average molecular weight is 383 g/mol. The first-order valence-electron chi connectivity index (χ1n) is 9.57. The summed E-state index contributed by atoms with van der Waals surface area (Å²) in [5.74, 6) is 0.868. The van der Waals surface area contributed by atoms with Crippen molar-refractivity contribution >= 4 is 22.9 Å². The van der Waals surface area contributed by atoms with E-state index in [9.17, 15) is 4.79 Å². The van der Waals surface area contributed by atoms with E-state index in [2.05, 4.69) is 53.3 Å². The minimum atomic E-state index is -0.0105. The van der Waals surface area contributed by atoms with Gasteiger partial charge in [0.1, 0.15) is 0 Å². The standard InChI is InChI=1S/C22H26N2O2S/c1-14-9-12-27-21(14)20-17-6-3-5-16(17)18-13-15(7-8-19(18)24-20)22(25)23-10-4-11-26-2/h3,5,7-9,12-13,16-17,20,24H,4,6,10-11H2,1-2H3,(H,23,25). The van der Waals surface area contributed by atoms with Gasteiger partial charge in [0.15, 0.2) is 0 Å². The molecule has 1 aliphatic carbocycles. The number of methoxy groups -OCH3 is 1. The topological polar surface area (TPSA) is 50.4 Å². The maximum absolute atomic E-state index is 12.5. The normalized spacial score (nSPS) is 22.8. The summed E-state index contributed by atoms with van der Waals surface area (Å²) >= 11 is 1.84. The highest BCUT2D eigenvalue weighted by atomic mass is 32.1. The second kappa shape index (κ2) is 7.87. The molecule has 1 aromatic heterocycles. The van der Waals surface area contributed by atoms with Crippen LogP contribution in [0.3, 0.4) is 0 Å². The van der Waals surface area contributed by atoms with Gasteiger partial charge in [-0.1, -0.05) is 12.2 Å². The predicted molar refractivity (Wildman–Crippen MR) is 111 cm³/mol. The van der Waals surface area contributed by atoms with Crippen LogP contribution in [0.1, 0.15) is 51.2 Å². The summed E-state index contributed by atoms with van der Waals surface area (Å²) in [4.78, 5) is 13.9. The fourth-order valence-electron chi connectivity index (χ4n) is 4.22. The summed E-state index contributed by atoms with van der Waals surface area (Å²) < 4.78 is 5.03. The molecule has 0 fully saturated rings. The lowest BCUT2D eigenvalue weighted by molar-refractivity contribution is 0.0948. The lowest BCUT2D eigenvalue weighted by atomic mass is 9.78. The van der Waals surface area contributed by atoms with Crippen LogP contribution >= 0.6 is 11.3 Å². The van der Waals surface area contributed by atoms with E-state index in [0.29, 0.717) is 31.0 Å². The summed E-state index contributed by atoms with van der Waals surface area (Å²) in [5, 5.41) is 8.92. The quantitative estimate of drug-likeness (QED) is 0.565. The Bertz CT molecular complexity index is 858. The van der Waals surface area contributed by atoms with Crippen molar-refractivity contribution in [3.63, 3.8) is 0 Å². The van der Waals surface area contributed by atoms with Crippen molar-refractivity contribution in [3.8, 4) is 0 Å². The number of aryl methyl sites for hydroxylation is 1. The van der Waals surface area contributed by atoms with Gasteiger partial charge in [0.25, 0.3) is 5.91 Å². The second-order valence-electron chi connectivity index (χ2n) is 7.35. The Morgan fingerprint density at radius 2 is 2.26 bits per heavy atom. The number of fused-ring (bicyclic) bond motifs is 3. The van der Waals surface area contributed by atoms with Gasteiger partial charge in [-0.25, -0.2) is 0 Å². The number of benzene rings is 1. The molecule has 2 N–H and O–H groups in total. The molecule has 0 saturated carbocycles. The maximum Gasteiger partial charge on any atom is 0.251 e. The largest absolute Gasteiger partial charge is 0.385 e. The van der Waals surface area contributed by atoms with E-state index in [-0.39, 0.29) is 5.91 Å². The molecule has 4 rings (SSSR count). The van der Waals surface area contributed by atoms with Crippen molar-refractivity contribution in [1.82, 2.24) is 5.32 Å². The monoisotopic (exact) mass is 382 g/mol. The van der Waals surface area contributed by atoms with Gasteiger partial charge >= 0.3 is 0 Å². The van der Waals surface area contributed by atoms with Gasteiger partial charge in [0.2, 0.25) is 0 Å². The lowest BCUT2D eigenvalue weighted by Gasteiger charge is -2.37. The van der Waals surface area contributed by atoms with E-state index >= 15 is 0 Å². The van der Waals surface area contributed by atoms with Crippen LogP contribution in [0.5, 0.6) is 0 Å². The van der Waals surface area contributed by atoms with Gasteiger partial charge in [-0.3, -0.25) is 4.79 Å². The maximum atomic E-state index is 12.5. The molecule has 0 spiro atoms. The Morgan fingerprint density at radius 3 is 3.04 bits per heavy atom. The van der Waals surface area contributed by atoms with Crippen molar-refractivity contribution < 1.29 is 9.53 Å². The highest BCUT2D eigenvalue weighted by Crippen LogP contribution is 2.51. The van der Waals surface area contributed by atoms with Gasteiger partial charge < -0.3 is 15.4 Å². The second-order valence-corrected chi connectivity index (χ2v) is 8.30. The van der Waals surface area contributed by atoms with E-state index in [4.69, 9.17) is 4.74 Å². The number of hydrogen-bond acceptors (Lipinski definition) is 4. The SMILES string of the molecule is COCCCNC(=O)c1ccc2c(c1)C1C=CCC1C(c1sccc1C)N2. The summed E-state index contributed by atoms with van der Waals surface area (Å²) in [7, 11) is 1.68. The zero-order valence-corrected chi connectivity index (χ0v) is 16.6. The molecule has 0 radical (unpaired) electrons. The number of nitrogens with one attached hydrogen (secondary N) is 2. The number of ether oxygens (including phenoxy) is 1. The highest BCUT2D eigenvalue weighted by molar-refractivity contribution is 7.10. The van der Waals surface area contributed by atoms with Crippen molar-refractivity contribution in [2.75, 3.05) is 25.6 Å². The van der Waals surface area contributed by atoms with Crippen LogP contribution in [0.25, 0.3) is 0 Å². The molecule has 27 heavy (non-hydrogen) atoms. The first kappa shape index (κ1) is 18.3. The Balaban J connectivity index is 1.57. The van der Waals surface area contributed by atoms with Gasteiger partial charge in [-0.2, -0.15) is 0 Å². The fraction of sp³-hybridized carbons (Fsp3) is 0.409. The number of amides is 1. The third-order valence-corrected chi connectivity index (χ3v) is 6.72. The fourth-order valence-corrected chi connectivity index (χ4v) is 5.27. The first-order valence-corrected chi connectivity index (χ1v) is 10.4. The molecule has 2 heterocycles. The van der Waals surface area contributed by atoms with Crippen LogP contribution in [0.15, 0.2) is 41.8 Å². The van der Waals surface area contributed by atoms with Crippen LogP contribution in [-0.4, -0.2) is 26.2 Å². The highest BCUT2D eigenvalue weighted by Gasteiger charge is 2.39. The molecule has 142 valence electrons. The molecule has 3 unspecified atom stereocenters. The Morgan fingerprint density at radius 1 is 1.37 bits per heavy atom. The molecule has 2 aromatic rings. The van der Waals surface area contributed by atoms with Gasteiger partial charge in [0.05, 0.1) is 6.04 Å². The van der Waals surface area contributed by atoms with E-state index in [0.717, 1.165) is 24.1 Å². The van der Waals surface area contributed by atoms with Crippen molar-refractivity contribution in [3.05, 3.63) is 63.4 Å². The molecule has 5 heteroatoms. The van der Waals surface area contributed by atoms with Crippen LogP contribution in [0, 0.1) is 12.8 Å². The van der Waals surface area contributed by atoms with Gasteiger partial charge in [-0.15, -0.1) is 11.3 Å². The van der Waals surface area contributed by atoms with E-state index in [1.54, 1.807) is 7.11 Å². The minimum Gasteiger partial charge on any atom is -0.385 e. The molecule has 1 amide bonds. The lowest BCUT2D eigenvalue weighted by Crippen LogP contribution is -2.30.